The van der Waals surface area contributed by atoms with E-state index in [-0.39, 0.29) is 40.5 Å². The van der Waals surface area contributed by atoms with Crippen molar-refractivity contribution >= 4 is 11.6 Å². The SMILES string of the molecule is CCCOc1ccc(-c2ccc(/C=C/C3CC=C(c4ccc(C)c(F)c4F)CC3)c(F)c2)c(F)c1F. The highest BCUT2D eigenvalue weighted by molar-refractivity contribution is 5.69. The minimum Gasteiger partial charge on any atom is -0.490 e. The standard InChI is InChI=1S/C30H27F5O/c1-3-16-36-26-15-14-24(29(34)30(26)35)22-12-11-21(25(31)17-22)10-7-19-5-8-20(9-6-19)23-13-4-18(2)27(32)28(23)33/h4,7-8,10-15,17,19H,3,5-6,9,16H2,1-2H3/b10-7+. The van der Waals surface area contributed by atoms with Gasteiger partial charge in [0, 0.05) is 16.7 Å². The van der Waals surface area contributed by atoms with E-state index in [1.165, 1.54) is 31.2 Å². The van der Waals surface area contributed by atoms with Crippen molar-refractivity contribution < 1.29 is 26.7 Å². The summed E-state index contributed by atoms with van der Waals surface area (Å²) in [5, 5.41) is 0. The Kier molecular flexibility index (Phi) is 7.92. The molecule has 6 heteroatoms. The van der Waals surface area contributed by atoms with E-state index in [4.69, 9.17) is 4.74 Å². The largest absolute Gasteiger partial charge is 0.490 e. The maximum Gasteiger partial charge on any atom is 0.201 e. The Bertz CT molecular complexity index is 1330. The number of hydrogen-bond donors (Lipinski definition) is 0. The normalized spacial score (nSPS) is 15.9. The molecule has 4 rings (SSSR count). The first-order valence-corrected chi connectivity index (χ1v) is 12.0. The molecule has 0 aliphatic heterocycles. The van der Waals surface area contributed by atoms with Gasteiger partial charge in [0.1, 0.15) is 5.82 Å². The van der Waals surface area contributed by atoms with E-state index >= 15 is 0 Å². The predicted molar refractivity (Wildman–Crippen MR) is 133 cm³/mol. The number of benzene rings is 3. The van der Waals surface area contributed by atoms with Gasteiger partial charge in [0.05, 0.1) is 6.61 Å². The fourth-order valence-corrected chi connectivity index (χ4v) is 4.32. The maximum absolute atomic E-state index is 14.8. The summed E-state index contributed by atoms with van der Waals surface area (Å²) in [5.74, 6) is -4.43. The Morgan fingerprint density at radius 3 is 2.33 bits per heavy atom. The highest BCUT2D eigenvalue weighted by Crippen LogP contribution is 2.34. The van der Waals surface area contributed by atoms with Crippen molar-refractivity contribution in [1.82, 2.24) is 0 Å². The summed E-state index contributed by atoms with van der Waals surface area (Å²) < 4.78 is 77.1. The number of allylic oxidation sites excluding steroid dienone is 3. The quantitative estimate of drug-likeness (QED) is 0.295. The van der Waals surface area contributed by atoms with Gasteiger partial charge in [0.2, 0.25) is 5.82 Å². The Hall–Kier alpha value is -3.41. The van der Waals surface area contributed by atoms with E-state index in [2.05, 4.69) is 0 Å². The third kappa shape index (κ3) is 5.38. The van der Waals surface area contributed by atoms with Crippen molar-refractivity contribution in [3.05, 3.63) is 100 Å². The van der Waals surface area contributed by atoms with E-state index in [0.717, 1.165) is 5.57 Å². The van der Waals surface area contributed by atoms with Gasteiger partial charge in [-0.05, 0) is 73.4 Å². The minimum absolute atomic E-state index is 0.0458. The molecule has 0 radical (unpaired) electrons. The summed E-state index contributed by atoms with van der Waals surface area (Å²) in [5.41, 5.74) is 1.83. The zero-order chi connectivity index (χ0) is 25.8. The molecular formula is C30H27F5O. The third-order valence-electron chi connectivity index (χ3n) is 6.44. The second kappa shape index (κ2) is 11.1. The van der Waals surface area contributed by atoms with Crippen molar-refractivity contribution in [3.8, 4) is 16.9 Å². The molecule has 1 atom stereocenters. The molecule has 1 aliphatic rings. The molecule has 0 saturated carbocycles. The van der Waals surface area contributed by atoms with Gasteiger partial charge in [-0.15, -0.1) is 0 Å². The van der Waals surface area contributed by atoms with Crippen LogP contribution in [-0.4, -0.2) is 6.61 Å². The van der Waals surface area contributed by atoms with Gasteiger partial charge in [-0.25, -0.2) is 17.6 Å². The van der Waals surface area contributed by atoms with Crippen LogP contribution in [0.3, 0.4) is 0 Å². The molecule has 0 aromatic heterocycles. The van der Waals surface area contributed by atoms with Crippen LogP contribution in [0.2, 0.25) is 0 Å². The summed E-state index contributed by atoms with van der Waals surface area (Å²) in [6.07, 6.45) is 8.03. The molecule has 3 aromatic rings. The third-order valence-corrected chi connectivity index (χ3v) is 6.44. The lowest BCUT2D eigenvalue weighted by Crippen LogP contribution is -2.05. The van der Waals surface area contributed by atoms with Gasteiger partial charge < -0.3 is 4.74 Å². The minimum atomic E-state index is -1.09. The highest BCUT2D eigenvalue weighted by atomic mass is 19.2. The van der Waals surface area contributed by atoms with E-state index in [0.29, 0.717) is 31.2 Å². The van der Waals surface area contributed by atoms with E-state index < -0.39 is 29.1 Å². The predicted octanol–water partition coefficient (Wildman–Crippen LogP) is 9.04. The summed E-state index contributed by atoms with van der Waals surface area (Å²) in [7, 11) is 0. The molecule has 0 amide bonds. The van der Waals surface area contributed by atoms with Crippen LogP contribution in [0.15, 0.2) is 54.6 Å². The number of hydrogen-bond acceptors (Lipinski definition) is 1. The highest BCUT2D eigenvalue weighted by Gasteiger charge is 2.19. The summed E-state index contributed by atoms with van der Waals surface area (Å²) in [6, 6.07) is 10.1. The second-order valence-corrected chi connectivity index (χ2v) is 9.00. The van der Waals surface area contributed by atoms with Crippen LogP contribution in [0.25, 0.3) is 22.8 Å². The van der Waals surface area contributed by atoms with E-state index in [9.17, 15) is 22.0 Å². The number of rotatable bonds is 7. The average molecular weight is 499 g/mol. The summed E-state index contributed by atoms with van der Waals surface area (Å²) >= 11 is 0. The van der Waals surface area contributed by atoms with Gasteiger partial charge in [-0.1, -0.05) is 49.4 Å². The van der Waals surface area contributed by atoms with Gasteiger partial charge in [-0.2, -0.15) is 4.39 Å². The van der Waals surface area contributed by atoms with Crippen molar-refractivity contribution in [1.29, 1.82) is 0 Å². The number of ether oxygens (including phenoxy) is 1. The molecule has 3 aromatic carbocycles. The van der Waals surface area contributed by atoms with Crippen molar-refractivity contribution in [2.75, 3.05) is 6.61 Å². The Labute approximate surface area is 207 Å². The van der Waals surface area contributed by atoms with Gasteiger partial charge >= 0.3 is 0 Å². The molecule has 36 heavy (non-hydrogen) atoms. The van der Waals surface area contributed by atoms with E-state index in [1.54, 1.807) is 24.3 Å². The zero-order valence-electron chi connectivity index (χ0n) is 20.2. The van der Waals surface area contributed by atoms with Gasteiger partial charge in [0.25, 0.3) is 0 Å². The smallest absolute Gasteiger partial charge is 0.201 e. The molecular weight excluding hydrogens is 471 g/mol. The van der Waals surface area contributed by atoms with E-state index in [1.807, 2.05) is 19.1 Å². The first-order valence-electron chi connectivity index (χ1n) is 12.0. The Balaban J connectivity index is 1.46. The van der Waals surface area contributed by atoms with Crippen LogP contribution in [-0.2, 0) is 0 Å². The Morgan fingerprint density at radius 2 is 1.64 bits per heavy atom. The molecule has 1 nitrogen and oxygen atoms in total. The Morgan fingerprint density at radius 1 is 0.889 bits per heavy atom. The maximum atomic E-state index is 14.8. The van der Waals surface area contributed by atoms with Crippen molar-refractivity contribution in [2.24, 2.45) is 5.92 Å². The first-order chi connectivity index (χ1) is 17.3. The fourth-order valence-electron chi connectivity index (χ4n) is 4.32. The number of halogens is 5. The van der Waals surface area contributed by atoms with Crippen molar-refractivity contribution in [3.63, 3.8) is 0 Å². The number of aryl methyl sites for hydroxylation is 1. The molecule has 0 N–H and O–H groups in total. The monoisotopic (exact) mass is 498 g/mol. The van der Waals surface area contributed by atoms with Crippen LogP contribution in [0, 0.1) is 41.9 Å². The second-order valence-electron chi connectivity index (χ2n) is 9.00. The fraction of sp³-hybridized carbons (Fsp3) is 0.267. The van der Waals surface area contributed by atoms with Crippen molar-refractivity contribution in [2.45, 2.75) is 39.5 Å². The van der Waals surface area contributed by atoms with Crippen LogP contribution >= 0.6 is 0 Å². The molecule has 1 unspecified atom stereocenters. The molecule has 0 heterocycles. The summed E-state index contributed by atoms with van der Waals surface area (Å²) in [6.45, 7) is 3.65. The lowest BCUT2D eigenvalue weighted by atomic mass is 9.85. The average Bonchev–Trinajstić information content (AvgIpc) is 2.88. The molecule has 188 valence electrons. The lowest BCUT2D eigenvalue weighted by Gasteiger charge is -2.20. The molecule has 1 aliphatic carbocycles. The van der Waals surface area contributed by atoms with Crippen LogP contribution < -0.4 is 4.74 Å². The first kappa shape index (κ1) is 25.7. The van der Waals surface area contributed by atoms with Crippen LogP contribution in [0.5, 0.6) is 5.75 Å². The molecule has 0 spiro atoms. The summed E-state index contributed by atoms with van der Waals surface area (Å²) in [4.78, 5) is 0. The lowest BCUT2D eigenvalue weighted by molar-refractivity contribution is 0.295. The molecule has 0 fully saturated rings. The van der Waals surface area contributed by atoms with Crippen LogP contribution in [0.1, 0.15) is 49.3 Å². The van der Waals surface area contributed by atoms with Gasteiger partial charge in [0.15, 0.2) is 23.2 Å². The topological polar surface area (TPSA) is 9.23 Å². The molecule has 0 bridgehead atoms. The van der Waals surface area contributed by atoms with Gasteiger partial charge in [-0.3, -0.25) is 0 Å². The molecule has 0 saturated heterocycles. The van der Waals surface area contributed by atoms with Crippen LogP contribution in [0.4, 0.5) is 22.0 Å². The zero-order valence-corrected chi connectivity index (χ0v) is 20.2.